The number of para-hydroxylation sites is 1. The van der Waals surface area contributed by atoms with Crippen LogP contribution in [0.3, 0.4) is 0 Å². The summed E-state index contributed by atoms with van der Waals surface area (Å²) in [4.78, 5) is 29.9. The van der Waals surface area contributed by atoms with Crippen LogP contribution in [0.4, 0.5) is 0 Å². The maximum atomic E-state index is 13.0. The lowest BCUT2D eigenvalue weighted by Crippen LogP contribution is -2.31. The van der Waals surface area contributed by atoms with Crippen LogP contribution in [0.1, 0.15) is 21.6 Å². The van der Waals surface area contributed by atoms with E-state index in [0.29, 0.717) is 24.3 Å². The Kier molecular flexibility index (Phi) is 5.22. The molecule has 7 nitrogen and oxygen atoms in total. The van der Waals surface area contributed by atoms with Crippen molar-refractivity contribution < 1.29 is 4.79 Å². The third-order valence-electron chi connectivity index (χ3n) is 5.74. The van der Waals surface area contributed by atoms with E-state index in [1.165, 1.54) is 0 Å². The Labute approximate surface area is 190 Å². The molecule has 0 unspecified atom stereocenters. The molecule has 0 bridgehead atoms. The second-order valence-electron chi connectivity index (χ2n) is 8.12. The fourth-order valence-electron chi connectivity index (χ4n) is 3.92. The van der Waals surface area contributed by atoms with Gasteiger partial charge in [0.05, 0.1) is 11.2 Å². The number of carbonyl (C=O) groups excluding carboxylic acids is 1. The lowest BCUT2D eigenvalue weighted by Gasteiger charge is -2.08. The average molecular weight is 438 g/mol. The Bertz CT molecular complexity index is 1560. The molecule has 0 radical (unpaired) electrons. The van der Waals surface area contributed by atoms with Crippen molar-refractivity contribution in [3.63, 3.8) is 0 Å². The van der Waals surface area contributed by atoms with Gasteiger partial charge in [0, 0.05) is 36.4 Å². The van der Waals surface area contributed by atoms with E-state index in [2.05, 4.69) is 33.6 Å². The number of amides is 1. The molecular weight excluding hydrogens is 414 g/mol. The largest absolute Gasteiger partial charge is 0.349 e. The van der Waals surface area contributed by atoms with E-state index in [9.17, 15) is 9.59 Å². The smallest absolute Gasteiger partial charge is 0.276 e. The van der Waals surface area contributed by atoms with Crippen molar-refractivity contribution >= 4 is 22.3 Å². The standard InChI is InChI=1S/C26H23N5O2/c1-17-7-8-18(2)20(15-17)23-16-24-26(33)30(13-14-31(24)29-23)12-11-27-25(32)22-10-9-19-5-3-4-6-21(19)28-22/h3-10,13-16H,11-12H2,1-2H3,(H,27,32). The molecule has 1 N–H and O–H groups in total. The Balaban J connectivity index is 1.32. The van der Waals surface area contributed by atoms with Crippen molar-refractivity contribution in [1.82, 2.24) is 24.5 Å². The number of aromatic nitrogens is 4. The molecule has 5 aromatic rings. The summed E-state index contributed by atoms with van der Waals surface area (Å²) in [5.74, 6) is -0.267. The van der Waals surface area contributed by atoms with Gasteiger partial charge in [-0.2, -0.15) is 5.10 Å². The van der Waals surface area contributed by atoms with Gasteiger partial charge in [0.1, 0.15) is 11.2 Å². The van der Waals surface area contributed by atoms with Crippen LogP contribution in [-0.2, 0) is 6.54 Å². The van der Waals surface area contributed by atoms with Crippen molar-refractivity contribution in [2.45, 2.75) is 20.4 Å². The molecular formula is C26H23N5O2. The van der Waals surface area contributed by atoms with Crippen LogP contribution >= 0.6 is 0 Å². The fourth-order valence-corrected chi connectivity index (χ4v) is 3.92. The minimum absolute atomic E-state index is 0.153. The normalized spacial score (nSPS) is 11.2. The molecule has 0 atom stereocenters. The Morgan fingerprint density at radius 2 is 1.85 bits per heavy atom. The molecule has 0 aliphatic carbocycles. The molecule has 5 rings (SSSR count). The van der Waals surface area contributed by atoms with Gasteiger partial charge >= 0.3 is 0 Å². The zero-order valence-corrected chi connectivity index (χ0v) is 18.4. The molecule has 3 aromatic heterocycles. The highest BCUT2D eigenvalue weighted by Crippen LogP contribution is 2.23. The third-order valence-corrected chi connectivity index (χ3v) is 5.74. The highest BCUT2D eigenvalue weighted by Gasteiger charge is 2.12. The van der Waals surface area contributed by atoms with Crippen LogP contribution in [0, 0.1) is 13.8 Å². The number of pyridine rings is 1. The summed E-state index contributed by atoms with van der Waals surface area (Å²) in [6, 6.07) is 19.2. The maximum absolute atomic E-state index is 13.0. The molecule has 0 fully saturated rings. The van der Waals surface area contributed by atoms with Crippen molar-refractivity contribution in [2.24, 2.45) is 0 Å². The van der Waals surface area contributed by atoms with Gasteiger partial charge in [-0.25, -0.2) is 9.50 Å². The number of hydrogen-bond donors (Lipinski definition) is 1. The van der Waals surface area contributed by atoms with Crippen molar-refractivity contribution in [1.29, 1.82) is 0 Å². The van der Waals surface area contributed by atoms with Crippen molar-refractivity contribution in [3.05, 3.63) is 100 Å². The SMILES string of the molecule is Cc1ccc(C)c(-c2cc3c(=O)n(CCNC(=O)c4ccc5ccccc5n4)ccn3n2)c1. The number of nitrogens with one attached hydrogen (secondary N) is 1. The summed E-state index contributed by atoms with van der Waals surface area (Å²) >= 11 is 0. The van der Waals surface area contributed by atoms with E-state index in [0.717, 1.165) is 33.3 Å². The molecule has 7 heteroatoms. The number of aryl methyl sites for hydroxylation is 2. The fraction of sp³-hybridized carbons (Fsp3) is 0.154. The quantitative estimate of drug-likeness (QED) is 0.454. The second-order valence-corrected chi connectivity index (χ2v) is 8.12. The van der Waals surface area contributed by atoms with Gasteiger partial charge in [0.25, 0.3) is 11.5 Å². The molecule has 1 amide bonds. The highest BCUT2D eigenvalue weighted by molar-refractivity contribution is 5.94. The predicted octanol–water partition coefficient (Wildman–Crippen LogP) is 3.76. The second kappa shape index (κ2) is 8.35. The lowest BCUT2D eigenvalue weighted by molar-refractivity contribution is 0.0947. The van der Waals surface area contributed by atoms with Gasteiger partial charge in [-0.05, 0) is 43.7 Å². The first-order valence-corrected chi connectivity index (χ1v) is 10.8. The van der Waals surface area contributed by atoms with Crippen molar-refractivity contribution in [2.75, 3.05) is 6.54 Å². The summed E-state index contributed by atoms with van der Waals surface area (Å²) in [6.07, 6.45) is 3.45. The van der Waals surface area contributed by atoms with Crippen LogP contribution < -0.4 is 10.9 Å². The molecule has 33 heavy (non-hydrogen) atoms. The minimum Gasteiger partial charge on any atom is -0.349 e. The van der Waals surface area contributed by atoms with Crippen molar-refractivity contribution in [3.8, 4) is 11.3 Å². The van der Waals surface area contributed by atoms with Crippen LogP contribution in [0.5, 0.6) is 0 Å². The zero-order chi connectivity index (χ0) is 22.9. The third kappa shape index (κ3) is 4.01. The summed E-state index contributed by atoms with van der Waals surface area (Å²) in [5.41, 5.74) is 5.49. The Hall–Kier alpha value is -4.26. The summed E-state index contributed by atoms with van der Waals surface area (Å²) < 4.78 is 3.19. The zero-order valence-electron chi connectivity index (χ0n) is 18.4. The first-order valence-electron chi connectivity index (χ1n) is 10.8. The molecule has 0 saturated heterocycles. The molecule has 0 saturated carbocycles. The number of benzene rings is 2. The Morgan fingerprint density at radius 1 is 1.00 bits per heavy atom. The molecule has 3 heterocycles. The topological polar surface area (TPSA) is 81.3 Å². The number of carbonyl (C=O) groups is 1. The molecule has 0 aliphatic rings. The van der Waals surface area contributed by atoms with Crippen LogP contribution in [0.15, 0.2) is 77.9 Å². The van der Waals surface area contributed by atoms with Gasteiger partial charge in [-0.15, -0.1) is 0 Å². The van der Waals surface area contributed by atoms with Crippen LogP contribution in [0.2, 0.25) is 0 Å². The van der Waals surface area contributed by atoms with Gasteiger partial charge in [-0.1, -0.05) is 42.0 Å². The first-order chi connectivity index (χ1) is 16.0. The minimum atomic E-state index is -0.267. The van der Waals surface area contributed by atoms with Gasteiger partial charge in [0.15, 0.2) is 0 Å². The summed E-state index contributed by atoms with van der Waals surface area (Å²) in [5, 5.41) is 8.42. The van der Waals surface area contributed by atoms with E-state index in [-0.39, 0.29) is 11.5 Å². The molecule has 0 aliphatic heterocycles. The van der Waals surface area contributed by atoms with Gasteiger partial charge in [0.2, 0.25) is 0 Å². The van der Waals surface area contributed by atoms with E-state index in [4.69, 9.17) is 0 Å². The number of hydrogen-bond acceptors (Lipinski definition) is 4. The van der Waals surface area contributed by atoms with E-state index in [1.807, 2.05) is 50.2 Å². The first kappa shape index (κ1) is 20.6. The molecule has 164 valence electrons. The monoisotopic (exact) mass is 437 g/mol. The van der Waals surface area contributed by atoms with E-state index < -0.39 is 0 Å². The van der Waals surface area contributed by atoms with Crippen LogP contribution in [-0.4, -0.2) is 31.6 Å². The van der Waals surface area contributed by atoms with Crippen LogP contribution in [0.25, 0.3) is 27.7 Å². The maximum Gasteiger partial charge on any atom is 0.276 e. The molecule has 0 spiro atoms. The van der Waals surface area contributed by atoms with E-state index in [1.54, 1.807) is 27.5 Å². The van der Waals surface area contributed by atoms with E-state index >= 15 is 0 Å². The van der Waals surface area contributed by atoms with Gasteiger partial charge < -0.3 is 9.88 Å². The average Bonchev–Trinajstić information content (AvgIpc) is 3.26. The predicted molar refractivity (Wildman–Crippen MR) is 128 cm³/mol. The number of nitrogens with zero attached hydrogens (tertiary/aromatic N) is 4. The highest BCUT2D eigenvalue weighted by atomic mass is 16.2. The number of fused-ring (bicyclic) bond motifs is 2. The lowest BCUT2D eigenvalue weighted by atomic mass is 10.0. The Morgan fingerprint density at radius 3 is 2.73 bits per heavy atom. The molecule has 2 aromatic carbocycles. The van der Waals surface area contributed by atoms with Gasteiger partial charge in [-0.3, -0.25) is 9.59 Å². The summed E-state index contributed by atoms with van der Waals surface area (Å²) in [6.45, 7) is 4.72. The summed E-state index contributed by atoms with van der Waals surface area (Å²) in [7, 11) is 0. The number of rotatable bonds is 5.